The first kappa shape index (κ1) is 34.8. The number of aliphatic hydroxyl groups is 1. The Balaban J connectivity index is 0.00000151. The molecule has 0 radical (unpaired) electrons. The standard InChI is InChI=1S/C40H40N4O2.CHNS/c1-30-38(39(45)44(43(30)4)37-18-12-7-13-19-37)40(46,33-20-24-35(25-21-33)41(2)28-31-14-8-5-9-15-31)34-22-26-36(27-23-34)42(3)29-32-16-10-6-11-17-32;2-1-3/h5-27,46H,28-29H2,1-4H3;3H. The van der Waals surface area contributed by atoms with E-state index < -0.39 is 5.60 Å². The molecule has 0 aliphatic carbocycles. The molecule has 0 saturated carbocycles. The molecule has 5 aromatic carbocycles. The van der Waals surface area contributed by atoms with E-state index in [2.05, 4.69) is 60.8 Å². The van der Waals surface area contributed by atoms with Crippen LogP contribution in [0.4, 0.5) is 11.4 Å². The van der Waals surface area contributed by atoms with Gasteiger partial charge in [0, 0.05) is 51.3 Å². The number of anilines is 2. The number of nitrogens with zero attached hydrogens (tertiary/aromatic N) is 5. The number of rotatable bonds is 10. The first-order valence-corrected chi connectivity index (χ1v) is 16.4. The lowest BCUT2D eigenvalue weighted by molar-refractivity contribution is 0.124. The fraction of sp³-hybridized carbons (Fsp3) is 0.171. The van der Waals surface area contributed by atoms with E-state index in [9.17, 15) is 9.90 Å². The van der Waals surface area contributed by atoms with Crippen LogP contribution in [0.3, 0.4) is 0 Å². The Morgan fingerprint density at radius 2 is 1.06 bits per heavy atom. The first-order chi connectivity index (χ1) is 23.7. The molecule has 248 valence electrons. The normalized spacial score (nSPS) is 10.9. The summed E-state index contributed by atoms with van der Waals surface area (Å²) in [5.74, 6) is 0. The van der Waals surface area contributed by atoms with Gasteiger partial charge in [-0.1, -0.05) is 116 Å². The maximum absolute atomic E-state index is 14.3. The van der Waals surface area contributed by atoms with Crippen molar-refractivity contribution in [3.63, 3.8) is 0 Å². The van der Waals surface area contributed by atoms with E-state index in [4.69, 9.17) is 5.26 Å². The van der Waals surface area contributed by atoms with Gasteiger partial charge in [-0.2, -0.15) is 5.26 Å². The Hall–Kier alpha value is -5.49. The Morgan fingerprint density at radius 1 is 0.694 bits per heavy atom. The highest BCUT2D eigenvalue weighted by atomic mass is 32.1. The van der Waals surface area contributed by atoms with Gasteiger partial charge in [0.25, 0.3) is 5.56 Å². The maximum Gasteiger partial charge on any atom is 0.278 e. The maximum atomic E-state index is 14.3. The highest BCUT2D eigenvalue weighted by Gasteiger charge is 2.40. The third kappa shape index (κ3) is 7.49. The summed E-state index contributed by atoms with van der Waals surface area (Å²) < 4.78 is 3.45. The average molecular weight is 668 g/mol. The lowest BCUT2D eigenvalue weighted by Gasteiger charge is -2.30. The van der Waals surface area contributed by atoms with Crippen molar-refractivity contribution >= 4 is 24.0 Å². The molecular formula is C41H41N5O2S. The van der Waals surface area contributed by atoms with Crippen LogP contribution in [0.2, 0.25) is 0 Å². The second-order valence-corrected chi connectivity index (χ2v) is 12.2. The van der Waals surface area contributed by atoms with Crippen LogP contribution in [0.25, 0.3) is 5.69 Å². The number of para-hydroxylation sites is 1. The van der Waals surface area contributed by atoms with Crippen molar-refractivity contribution in [2.45, 2.75) is 25.6 Å². The number of benzene rings is 5. The molecule has 0 amide bonds. The van der Waals surface area contributed by atoms with E-state index >= 15 is 0 Å². The predicted molar refractivity (Wildman–Crippen MR) is 202 cm³/mol. The molecule has 7 nitrogen and oxygen atoms in total. The third-order valence-electron chi connectivity index (χ3n) is 8.89. The topological polar surface area (TPSA) is 77.4 Å². The predicted octanol–water partition coefficient (Wildman–Crippen LogP) is 7.44. The van der Waals surface area contributed by atoms with Gasteiger partial charge in [-0.15, -0.1) is 0 Å². The smallest absolute Gasteiger partial charge is 0.278 e. The molecule has 6 aromatic rings. The number of aromatic nitrogens is 2. The summed E-state index contributed by atoms with van der Waals surface area (Å²) in [4.78, 5) is 18.7. The summed E-state index contributed by atoms with van der Waals surface area (Å²) in [5.41, 5.74) is 5.49. The van der Waals surface area contributed by atoms with E-state index in [1.165, 1.54) is 16.5 Å². The van der Waals surface area contributed by atoms with Crippen molar-refractivity contribution in [1.29, 1.82) is 5.26 Å². The molecule has 49 heavy (non-hydrogen) atoms. The molecule has 1 aromatic heterocycles. The van der Waals surface area contributed by atoms with E-state index in [1.807, 2.05) is 134 Å². The molecule has 1 heterocycles. The third-order valence-corrected chi connectivity index (χ3v) is 8.89. The van der Waals surface area contributed by atoms with Crippen LogP contribution in [0.15, 0.2) is 144 Å². The minimum atomic E-state index is -1.70. The van der Waals surface area contributed by atoms with Gasteiger partial charge in [0.1, 0.15) is 11.0 Å². The van der Waals surface area contributed by atoms with Crippen molar-refractivity contribution < 1.29 is 5.11 Å². The minimum absolute atomic E-state index is 0.260. The lowest BCUT2D eigenvalue weighted by atomic mass is 9.80. The fourth-order valence-corrected chi connectivity index (χ4v) is 6.25. The molecule has 0 bridgehead atoms. The molecule has 0 atom stereocenters. The summed E-state index contributed by atoms with van der Waals surface area (Å²) in [6.07, 6.45) is 0. The van der Waals surface area contributed by atoms with Crippen LogP contribution >= 0.6 is 12.6 Å². The van der Waals surface area contributed by atoms with Crippen molar-refractivity contribution in [3.05, 3.63) is 183 Å². The molecule has 0 spiro atoms. The van der Waals surface area contributed by atoms with Crippen molar-refractivity contribution in [1.82, 2.24) is 9.36 Å². The van der Waals surface area contributed by atoms with Crippen LogP contribution < -0.4 is 15.4 Å². The largest absolute Gasteiger partial charge is 0.376 e. The molecule has 1 N–H and O–H groups in total. The summed E-state index contributed by atoms with van der Waals surface area (Å²) in [6, 6.07) is 46.0. The van der Waals surface area contributed by atoms with Crippen LogP contribution in [0.5, 0.6) is 0 Å². The zero-order chi connectivity index (χ0) is 35.0. The Bertz CT molecular complexity index is 1960. The Labute approximate surface area is 293 Å². The van der Waals surface area contributed by atoms with E-state index in [0.717, 1.165) is 30.2 Å². The summed E-state index contributed by atoms with van der Waals surface area (Å²) >= 11 is 3.09. The monoisotopic (exact) mass is 667 g/mol. The van der Waals surface area contributed by atoms with Gasteiger partial charge in [0.15, 0.2) is 0 Å². The number of thiol groups is 1. The molecule has 6 rings (SSSR count). The molecule has 0 fully saturated rings. The number of hydrogen-bond donors (Lipinski definition) is 2. The summed E-state index contributed by atoms with van der Waals surface area (Å²) in [7, 11) is 5.97. The first-order valence-electron chi connectivity index (χ1n) is 16.0. The van der Waals surface area contributed by atoms with E-state index in [-0.39, 0.29) is 5.56 Å². The van der Waals surface area contributed by atoms with Crippen LogP contribution in [0, 0.1) is 17.6 Å². The molecule has 0 saturated heterocycles. The highest BCUT2D eigenvalue weighted by Crippen LogP contribution is 2.38. The van der Waals surface area contributed by atoms with Crippen LogP contribution in [-0.4, -0.2) is 28.6 Å². The van der Waals surface area contributed by atoms with E-state index in [1.54, 1.807) is 4.68 Å². The number of thiocyanates is 1. The van der Waals surface area contributed by atoms with E-state index in [0.29, 0.717) is 22.4 Å². The number of nitriles is 1. The zero-order valence-electron chi connectivity index (χ0n) is 28.2. The fourth-order valence-electron chi connectivity index (χ4n) is 6.25. The van der Waals surface area contributed by atoms with Crippen LogP contribution in [-0.2, 0) is 25.7 Å². The van der Waals surface area contributed by atoms with Gasteiger partial charge in [0.2, 0.25) is 0 Å². The van der Waals surface area contributed by atoms with Gasteiger partial charge < -0.3 is 14.9 Å². The lowest BCUT2D eigenvalue weighted by Crippen LogP contribution is -2.35. The molecular weight excluding hydrogens is 627 g/mol. The van der Waals surface area contributed by atoms with Crippen molar-refractivity contribution in [2.75, 3.05) is 23.9 Å². The SMILES string of the molecule is Cc1c(C(O)(c2ccc(N(C)Cc3ccccc3)cc2)c2ccc(N(C)Cc3ccccc3)cc2)c(=O)n(-c2ccccc2)n1C.N#CS. The van der Waals surface area contributed by atoms with Gasteiger partial charge in [-0.05, 0) is 65.6 Å². The van der Waals surface area contributed by atoms with Gasteiger partial charge in [-0.3, -0.25) is 9.48 Å². The molecule has 0 unspecified atom stereocenters. The second kappa shape index (κ2) is 15.6. The van der Waals surface area contributed by atoms with Crippen LogP contribution in [0.1, 0.15) is 33.5 Å². The second-order valence-electron chi connectivity index (χ2n) is 12.0. The van der Waals surface area contributed by atoms with Gasteiger partial charge >= 0.3 is 0 Å². The number of hydrogen-bond acceptors (Lipinski definition) is 6. The molecule has 0 aliphatic heterocycles. The minimum Gasteiger partial charge on any atom is -0.376 e. The zero-order valence-corrected chi connectivity index (χ0v) is 29.1. The molecule has 8 heteroatoms. The quantitative estimate of drug-likeness (QED) is 0.117. The summed E-state index contributed by atoms with van der Waals surface area (Å²) in [6.45, 7) is 3.40. The Kier molecular flexibility index (Phi) is 11.1. The summed E-state index contributed by atoms with van der Waals surface area (Å²) in [5, 5.41) is 21.6. The van der Waals surface area contributed by atoms with Crippen molar-refractivity contribution in [2.24, 2.45) is 7.05 Å². The molecule has 0 aliphatic rings. The highest BCUT2D eigenvalue weighted by molar-refractivity contribution is 7.85. The van der Waals surface area contributed by atoms with Crippen molar-refractivity contribution in [3.8, 4) is 11.1 Å². The average Bonchev–Trinajstić information content (AvgIpc) is 3.36. The van der Waals surface area contributed by atoms with Gasteiger partial charge in [0.05, 0.1) is 11.3 Å². The van der Waals surface area contributed by atoms with Gasteiger partial charge in [-0.25, -0.2) is 4.68 Å². The Morgan fingerprint density at radius 3 is 1.45 bits per heavy atom.